The lowest BCUT2D eigenvalue weighted by atomic mass is 10.2. The van der Waals surface area contributed by atoms with Gasteiger partial charge in [0.2, 0.25) is 10.0 Å². The zero-order valence-corrected chi connectivity index (χ0v) is 10.9. The van der Waals surface area contributed by atoms with Crippen LogP contribution in [0.2, 0.25) is 0 Å². The molecule has 5 heteroatoms. The molecule has 0 heterocycles. The zero-order valence-electron chi connectivity index (χ0n) is 10.1. The summed E-state index contributed by atoms with van der Waals surface area (Å²) in [4.78, 5) is 11.4. The highest BCUT2D eigenvalue weighted by atomic mass is 32.2. The van der Waals surface area contributed by atoms with Crippen LogP contribution in [0.4, 0.5) is 0 Å². The van der Waals surface area contributed by atoms with Crippen molar-refractivity contribution in [2.24, 2.45) is 0 Å². The van der Waals surface area contributed by atoms with Crippen molar-refractivity contribution in [3.8, 4) is 0 Å². The molecule has 0 unspecified atom stereocenters. The van der Waals surface area contributed by atoms with Crippen molar-refractivity contribution >= 4 is 15.8 Å². The van der Waals surface area contributed by atoms with Gasteiger partial charge in [-0.05, 0) is 31.9 Å². The number of hydrogen-bond acceptors (Lipinski definition) is 3. The standard InChI is InChI=1S/C13H15NO3S/c1-10(15)11-5-4-8-13(9-11)18(16,17)14-12-6-2-3-7-12/h2-5,8-9,12,14H,6-7H2,1H3. The average molecular weight is 265 g/mol. The van der Waals surface area contributed by atoms with Gasteiger partial charge >= 0.3 is 0 Å². The molecule has 0 saturated carbocycles. The van der Waals surface area contributed by atoms with E-state index in [4.69, 9.17) is 0 Å². The predicted molar refractivity (Wildman–Crippen MR) is 68.9 cm³/mol. The third kappa shape index (κ3) is 2.86. The van der Waals surface area contributed by atoms with Crippen molar-refractivity contribution < 1.29 is 13.2 Å². The maximum Gasteiger partial charge on any atom is 0.240 e. The maximum absolute atomic E-state index is 12.1. The van der Waals surface area contributed by atoms with E-state index in [1.807, 2.05) is 12.2 Å². The number of sulfonamides is 1. The number of rotatable bonds is 4. The molecular weight excluding hydrogens is 250 g/mol. The molecule has 0 aliphatic heterocycles. The molecule has 0 bridgehead atoms. The molecule has 4 nitrogen and oxygen atoms in total. The number of benzene rings is 1. The van der Waals surface area contributed by atoms with Gasteiger partial charge in [-0.15, -0.1) is 0 Å². The van der Waals surface area contributed by atoms with Crippen LogP contribution in [-0.2, 0) is 10.0 Å². The fourth-order valence-electron chi connectivity index (χ4n) is 1.88. The largest absolute Gasteiger partial charge is 0.295 e. The zero-order chi connectivity index (χ0) is 13.2. The quantitative estimate of drug-likeness (QED) is 0.668. The Kier molecular flexibility index (Phi) is 3.63. The van der Waals surface area contributed by atoms with Crippen molar-refractivity contribution in [2.45, 2.75) is 30.7 Å². The molecule has 0 spiro atoms. The van der Waals surface area contributed by atoms with Crippen molar-refractivity contribution in [1.82, 2.24) is 4.72 Å². The Bertz CT molecular complexity index is 582. The first-order chi connectivity index (χ1) is 8.49. The summed E-state index contributed by atoms with van der Waals surface area (Å²) in [6, 6.07) is 6.02. The van der Waals surface area contributed by atoms with E-state index in [1.54, 1.807) is 12.1 Å². The van der Waals surface area contributed by atoms with E-state index in [0.717, 1.165) is 0 Å². The van der Waals surface area contributed by atoms with Gasteiger partial charge in [-0.2, -0.15) is 0 Å². The van der Waals surface area contributed by atoms with E-state index in [0.29, 0.717) is 18.4 Å². The normalized spacial score (nSPS) is 16.1. The monoisotopic (exact) mass is 265 g/mol. The van der Waals surface area contributed by atoms with Crippen molar-refractivity contribution in [3.05, 3.63) is 42.0 Å². The lowest BCUT2D eigenvalue weighted by Crippen LogP contribution is -2.32. The summed E-state index contributed by atoms with van der Waals surface area (Å²) >= 11 is 0. The molecule has 1 aromatic carbocycles. The van der Waals surface area contributed by atoms with E-state index in [2.05, 4.69) is 4.72 Å². The molecule has 0 fully saturated rings. The van der Waals surface area contributed by atoms with E-state index >= 15 is 0 Å². The van der Waals surface area contributed by atoms with Gasteiger partial charge in [0.05, 0.1) is 4.90 Å². The highest BCUT2D eigenvalue weighted by Gasteiger charge is 2.21. The molecule has 18 heavy (non-hydrogen) atoms. The first-order valence-corrected chi connectivity index (χ1v) is 7.26. The van der Waals surface area contributed by atoms with Crippen LogP contribution in [0.3, 0.4) is 0 Å². The van der Waals surface area contributed by atoms with E-state index in [-0.39, 0.29) is 16.7 Å². The van der Waals surface area contributed by atoms with Crippen molar-refractivity contribution in [1.29, 1.82) is 0 Å². The number of carbonyl (C=O) groups excluding carboxylic acids is 1. The first-order valence-electron chi connectivity index (χ1n) is 5.77. The summed E-state index contributed by atoms with van der Waals surface area (Å²) in [6.45, 7) is 1.42. The summed E-state index contributed by atoms with van der Waals surface area (Å²) in [5.74, 6) is -0.144. The fourth-order valence-corrected chi connectivity index (χ4v) is 3.19. The molecule has 0 saturated heterocycles. The topological polar surface area (TPSA) is 63.2 Å². The van der Waals surface area contributed by atoms with Gasteiger partial charge < -0.3 is 0 Å². The van der Waals surface area contributed by atoms with Crippen LogP contribution in [0.5, 0.6) is 0 Å². The number of ketones is 1. The van der Waals surface area contributed by atoms with Crippen LogP contribution >= 0.6 is 0 Å². The van der Waals surface area contributed by atoms with Gasteiger partial charge in [-0.3, -0.25) is 4.79 Å². The average Bonchev–Trinajstić information content (AvgIpc) is 2.81. The van der Waals surface area contributed by atoms with Gasteiger partial charge in [0.1, 0.15) is 0 Å². The van der Waals surface area contributed by atoms with Gasteiger partial charge in [0.25, 0.3) is 0 Å². The molecule has 0 amide bonds. The van der Waals surface area contributed by atoms with Crippen molar-refractivity contribution in [2.75, 3.05) is 0 Å². The lowest BCUT2D eigenvalue weighted by Gasteiger charge is -2.12. The van der Waals surface area contributed by atoms with Crippen LogP contribution in [-0.4, -0.2) is 20.2 Å². The van der Waals surface area contributed by atoms with E-state index in [9.17, 15) is 13.2 Å². The third-order valence-corrected chi connectivity index (χ3v) is 4.40. The summed E-state index contributed by atoms with van der Waals surface area (Å²) in [6.07, 6.45) is 5.34. The van der Waals surface area contributed by atoms with Crippen LogP contribution < -0.4 is 4.72 Å². The predicted octanol–water partition coefficient (Wildman–Crippen LogP) is 1.89. The second-order valence-corrected chi connectivity index (χ2v) is 6.06. The third-order valence-electron chi connectivity index (χ3n) is 2.88. The summed E-state index contributed by atoms with van der Waals surface area (Å²) in [5, 5.41) is 0. The second kappa shape index (κ2) is 5.04. The van der Waals surface area contributed by atoms with E-state index in [1.165, 1.54) is 19.1 Å². The Morgan fingerprint density at radius 1 is 1.28 bits per heavy atom. The van der Waals surface area contributed by atoms with Crippen LogP contribution in [0, 0.1) is 0 Å². The van der Waals surface area contributed by atoms with Crippen molar-refractivity contribution in [3.63, 3.8) is 0 Å². The number of nitrogens with one attached hydrogen (secondary N) is 1. The second-order valence-electron chi connectivity index (χ2n) is 4.35. The SMILES string of the molecule is CC(=O)c1cccc(S(=O)(=O)NC2CC=CC2)c1. The highest BCUT2D eigenvalue weighted by Crippen LogP contribution is 2.16. The maximum atomic E-state index is 12.1. The summed E-state index contributed by atoms with van der Waals surface area (Å²) in [7, 11) is -3.54. The Hall–Kier alpha value is -1.46. The number of Topliss-reactive ketones (excluding diaryl/α,β-unsaturated/α-hetero) is 1. The Morgan fingerprint density at radius 2 is 1.94 bits per heavy atom. The molecule has 0 radical (unpaired) electrons. The van der Waals surface area contributed by atoms with Gasteiger partial charge in [-0.1, -0.05) is 24.3 Å². The number of carbonyl (C=O) groups is 1. The molecule has 1 N–H and O–H groups in total. The van der Waals surface area contributed by atoms with Gasteiger partial charge in [0, 0.05) is 11.6 Å². The van der Waals surface area contributed by atoms with Gasteiger partial charge in [0.15, 0.2) is 5.78 Å². The summed E-state index contributed by atoms with van der Waals surface area (Å²) in [5.41, 5.74) is 0.405. The molecule has 1 aliphatic carbocycles. The fraction of sp³-hybridized carbons (Fsp3) is 0.308. The van der Waals surface area contributed by atoms with Crippen LogP contribution in [0.25, 0.3) is 0 Å². The lowest BCUT2D eigenvalue weighted by molar-refractivity contribution is 0.101. The smallest absolute Gasteiger partial charge is 0.240 e. The molecule has 1 aromatic rings. The minimum Gasteiger partial charge on any atom is -0.295 e. The molecular formula is C13H15NO3S. The molecule has 1 aliphatic rings. The summed E-state index contributed by atoms with van der Waals surface area (Å²) < 4.78 is 26.9. The Morgan fingerprint density at radius 3 is 2.56 bits per heavy atom. The molecule has 2 rings (SSSR count). The molecule has 0 atom stereocenters. The molecule has 96 valence electrons. The molecule has 0 aromatic heterocycles. The highest BCUT2D eigenvalue weighted by molar-refractivity contribution is 7.89. The Labute approximate surface area is 107 Å². The minimum absolute atomic E-state index is 0.0732. The number of hydrogen-bond donors (Lipinski definition) is 1. The van der Waals surface area contributed by atoms with Crippen LogP contribution in [0.15, 0.2) is 41.3 Å². The van der Waals surface area contributed by atoms with Crippen LogP contribution in [0.1, 0.15) is 30.1 Å². The Balaban J connectivity index is 2.23. The van der Waals surface area contributed by atoms with Gasteiger partial charge in [-0.25, -0.2) is 13.1 Å². The minimum atomic E-state index is -3.54. The first kappa shape index (κ1) is 13.0. The van der Waals surface area contributed by atoms with E-state index < -0.39 is 10.0 Å².